The van der Waals surface area contributed by atoms with Gasteiger partial charge in [-0.1, -0.05) is 12.1 Å². The standard InChI is InChI=1S/C11H13NO2/c12-10-3-1-2-7-4-5-8(11(13)14)6-9(7)10/h1-3,8H,4-6,12H2,(H,13,14). The summed E-state index contributed by atoms with van der Waals surface area (Å²) in [7, 11) is 0. The van der Waals surface area contributed by atoms with Gasteiger partial charge in [0.2, 0.25) is 0 Å². The number of aliphatic carboxylic acids is 1. The first kappa shape index (κ1) is 9.06. The Bertz CT molecular complexity index is 374. The van der Waals surface area contributed by atoms with Crippen LogP contribution in [-0.4, -0.2) is 11.1 Å². The molecule has 1 aromatic rings. The molecule has 1 aromatic carbocycles. The van der Waals surface area contributed by atoms with Gasteiger partial charge in [-0.25, -0.2) is 0 Å². The number of nitrogen functional groups attached to an aromatic ring is 1. The molecule has 1 atom stereocenters. The van der Waals surface area contributed by atoms with Crippen LogP contribution in [0.2, 0.25) is 0 Å². The number of carboxylic acids is 1. The summed E-state index contributed by atoms with van der Waals surface area (Å²) in [6, 6.07) is 5.79. The van der Waals surface area contributed by atoms with Crippen molar-refractivity contribution in [1.82, 2.24) is 0 Å². The first-order valence-electron chi connectivity index (χ1n) is 4.77. The van der Waals surface area contributed by atoms with Crippen LogP contribution in [0.25, 0.3) is 0 Å². The van der Waals surface area contributed by atoms with Gasteiger partial charge in [-0.15, -0.1) is 0 Å². The van der Waals surface area contributed by atoms with E-state index in [1.165, 1.54) is 5.56 Å². The molecule has 0 saturated heterocycles. The monoisotopic (exact) mass is 191 g/mol. The van der Waals surface area contributed by atoms with Crippen LogP contribution in [0, 0.1) is 5.92 Å². The Balaban J connectivity index is 2.33. The van der Waals surface area contributed by atoms with Crippen molar-refractivity contribution in [3.63, 3.8) is 0 Å². The number of carboxylic acid groups (broad SMARTS) is 1. The van der Waals surface area contributed by atoms with E-state index in [2.05, 4.69) is 0 Å². The van der Waals surface area contributed by atoms with E-state index in [-0.39, 0.29) is 5.92 Å². The predicted molar refractivity (Wildman–Crippen MR) is 54.0 cm³/mol. The Morgan fingerprint density at radius 2 is 2.29 bits per heavy atom. The number of hydrogen-bond donors (Lipinski definition) is 2. The lowest BCUT2D eigenvalue weighted by atomic mass is 9.83. The normalized spacial score (nSPS) is 20.1. The zero-order valence-electron chi connectivity index (χ0n) is 7.86. The lowest BCUT2D eigenvalue weighted by Crippen LogP contribution is -2.22. The van der Waals surface area contributed by atoms with Crippen LogP contribution in [0.3, 0.4) is 0 Å². The molecule has 1 aliphatic carbocycles. The van der Waals surface area contributed by atoms with Crippen molar-refractivity contribution < 1.29 is 9.90 Å². The summed E-state index contributed by atoms with van der Waals surface area (Å²) >= 11 is 0. The van der Waals surface area contributed by atoms with Gasteiger partial charge in [0, 0.05) is 5.69 Å². The molecule has 1 aliphatic rings. The summed E-state index contributed by atoms with van der Waals surface area (Å²) in [5, 5.41) is 8.91. The molecule has 14 heavy (non-hydrogen) atoms. The summed E-state index contributed by atoms with van der Waals surface area (Å²) in [6.45, 7) is 0. The number of hydrogen-bond acceptors (Lipinski definition) is 2. The van der Waals surface area contributed by atoms with Gasteiger partial charge >= 0.3 is 5.97 Å². The van der Waals surface area contributed by atoms with Gasteiger partial charge in [0.1, 0.15) is 0 Å². The van der Waals surface area contributed by atoms with Gasteiger partial charge in [0.15, 0.2) is 0 Å². The Morgan fingerprint density at radius 1 is 1.50 bits per heavy atom. The van der Waals surface area contributed by atoms with E-state index in [4.69, 9.17) is 10.8 Å². The van der Waals surface area contributed by atoms with E-state index in [0.29, 0.717) is 6.42 Å². The molecule has 0 saturated carbocycles. The van der Waals surface area contributed by atoms with Crippen LogP contribution in [0.1, 0.15) is 17.5 Å². The van der Waals surface area contributed by atoms with Gasteiger partial charge in [-0.3, -0.25) is 4.79 Å². The minimum absolute atomic E-state index is 0.257. The number of aryl methyl sites for hydroxylation is 1. The summed E-state index contributed by atoms with van der Waals surface area (Å²) < 4.78 is 0. The second-order valence-electron chi connectivity index (χ2n) is 3.76. The quantitative estimate of drug-likeness (QED) is 0.660. The summed E-state index contributed by atoms with van der Waals surface area (Å²) in [6.07, 6.45) is 2.14. The van der Waals surface area contributed by atoms with Crippen LogP contribution >= 0.6 is 0 Å². The lowest BCUT2D eigenvalue weighted by Gasteiger charge is -2.22. The van der Waals surface area contributed by atoms with Gasteiger partial charge in [0.05, 0.1) is 5.92 Å². The molecule has 1 unspecified atom stereocenters. The van der Waals surface area contributed by atoms with E-state index >= 15 is 0 Å². The fraction of sp³-hybridized carbons (Fsp3) is 0.364. The minimum atomic E-state index is -0.709. The molecular weight excluding hydrogens is 178 g/mol. The molecule has 0 bridgehead atoms. The molecular formula is C11H13NO2. The Kier molecular flexibility index (Phi) is 2.15. The van der Waals surface area contributed by atoms with E-state index in [0.717, 1.165) is 24.1 Å². The summed E-state index contributed by atoms with van der Waals surface area (Å²) in [5.41, 5.74) is 8.78. The number of anilines is 1. The third kappa shape index (κ3) is 1.45. The molecule has 74 valence electrons. The van der Waals surface area contributed by atoms with Crippen molar-refractivity contribution in [3.05, 3.63) is 29.3 Å². The van der Waals surface area contributed by atoms with Crippen LogP contribution in [0.15, 0.2) is 18.2 Å². The van der Waals surface area contributed by atoms with Crippen molar-refractivity contribution in [2.24, 2.45) is 5.92 Å². The molecule has 3 nitrogen and oxygen atoms in total. The minimum Gasteiger partial charge on any atom is -0.481 e. The van der Waals surface area contributed by atoms with Gasteiger partial charge in [-0.05, 0) is 36.5 Å². The highest BCUT2D eigenvalue weighted by molar-refractivity contribution is 5.72. The third-order valence-electron chi connectivity index (χ3n) is 2.87. The lowest BCUT2D eigenvalue weighted by molar-refractivity contribution is -0.142. The predicted octanol–water partition coefficient (Wildman–Crippen LogP) is 1.46. The van der Waals surface area contributed by atoms with Crippen LogP contribution in [0.5, 0.6) is 0 Å². The van der Waals surface area contributed by atoms with Crippen molar-refractivity contribution in [2.75, 3.05) is 5.73 Å². The number of rotatable bonds is 1. The molecule has 0 amide bonds. The average Bonchev–Trinajstić information content (AvgIpc) is 2.18. The molecule has 0 fully saturated rings. The van der Waals surface area contributed by atoms with Gasteiger partial charge in [-0.2, -0.15) is 0 Å². The molecule has 0 aromatic heterocycles. The Morgan fingerprint density at radius 3 is 3.00 bits per heavy atom. The van der Waals surface area contributed by atoms with E-state index in [1.54, 1.807) is 0 Å². The zero-order valence-corrected chi connectivity index (χ0v) is 7.86. The molecule has 3 heteroatoms. The van der Waals surface area contributed by atoms with Crippen LogP contribution in [0.4, 0.5) is 5.69 Å². The van der Waals surface area contributed by atoms with Gasteiger partial charge < -0.3 is 10.8 Å². The van der Waals surface area contributed by atoms with Crippen LogP contribution < -0.4 is 5.73 Å². The van der Waals surface area contributed by atoms with Crippen molar-refractivity contribution in [3.8, 4) is 0 Å². The maximum atomic E-state index is 10.8. The largest absolute Gasteiger partial charge is 0.481 e. The fourth-order valence-corrected chi connectivity index (χ4v) is 2.03. The molecule has 0 aliphatic heterocycles. The van der Waals surface area contributed by atoms with Crippen molar-refractivity contribution in [2.45, 2.75) is 19.3 Å². The molecule has 0 spiro atoms. The van der Waals surface area contributed by atoms with Crippen LogP contribution in [-0.2, 0) is 17.6 Å². The first-order chi connectivity index (χ1) is 6.68. The first-order valence-corrected chi connectivity index (χ1v) is 4.77. The number of carbonyl (C=O) groups is 1. The van der Waals surface area contributed by atoms with Crippen molar-refractivity contribution >= 4 is 11.7 Å². The zero-order chi connectivity index (χ0) is 10.1. The fourth-order valence-electron chi connectivity index (χ4n) is 2.03. The average molecular weight is 191 g/mol. The highest BCUT2D eigenvalue weighted by Crippen LogP contribution is 2.29. The second-order valence-corrected chi connectivity index (χ2v) is 3.76. The maximum absolute atomic E-state index is 10.8. The molecule has 0 heterocycles. The molecule has 0 radical (unpaired) electrons. The highest BCUT2D eigenvalue weighted by Gasteiger charge is 2.24. The van der Waals surface area contributed by atoms with Gasteiger partial charge in [0.25, 0.3) is 0 Å². The molecule has 3 N–H and O–H groups in total. The highest BCUT2D eigenvalue weighted by atomic mass is 16.4. The van der Waals surface area contributed by atoms with E-state index in [9.17, 15) is 4.79 Å². The number of benzene rings is 1. The van der Waals surface area contributed by atoms with E-state index in [1.807, 2.05) is 18.2 Å². The number of fused-ring (bicyclic) bond motifs is 1. The Labute approximate surface area is 82.5 Å². The second kappa shape index (κ2) is 3.33. The Hall–Kier alpha value is -1.51. The summed E-state index contributed by atoms with van der Waals surface area (Å²) in [5.74, 6) is -0.967. The maximum Gasteiger partial charge on any atom is 0.306 e. The third-order valence-corrected chi connectivity index (χ3v) is 2.87. The topological polar surface area (TPSA) is 63.3 Å². The SMILES string of the molecule is Nc1cccc2c1CC(C(=O)O)CC2. The smallest absolute Gasteiger partial charge is 0.306 e. The van der Waals surface area contributed by atoms with Crippen molar-refractivity contribution in [1.29, 1.82) is 0 Å². The van der Waals surface area contributed by atoms with E-state index < -0.39 is 5.97 Å². The molecule has 2 rings (SSSR count). The number of nitrogens with two attached hydrogens (primary N) is 1. The summed E-state index contributed by atoms with van der Waals surface area (Å²) in [4.78, 5) is 10.8.